The normalized spacial score (nSPS) is 11.8. The summed E-state index contributed by atoms with van der Waals surface area (Å²) in [5.74, 6) is 0. The highest BCUT2D eigenvalue weighted by Crippen LogP contribution is 2.25. The van der Waals surface area contributed by atoms with E-state index in [4.69, 9.17) is 5.73 Å². The summed E-state index contributed by atoms with van der Waals surface area (Å²) in [6.07, 6.45) is 0.822. The van der Waals surface area contributed by atoms with Crippen LogP contribution in [0.5, 0.6) is 0 Å². The first kappa shape index (κ1) is 13.2. The van der Waals surface area contributed by atoms with Crippen LogP contribution in [0.15, 0.2) is 23.6 Å². The molecule has 3 heteroatoms. The van der Waals surface area contributed by atoms with Crippen molar-refractivity contribution in [3.05, 3.63) is 39.7 Å². The molecule has 18 heavy (non-hydrogen) atoms. The molecule has 96 valence electrons. The summed E-state index contributed by atoms with van der Waals surface area (Å²) < 4.78 is 0. The number of aryl methyl sites for hydroxylation is 2. The summed E-state index contributed by atoms with van der Waals surface area (Å²) in [6, 6.07) is 6.48. The SMILES string of the molecule is Cc1ccc(-c2csc(CC(C)(C)N)n2)cc1C. The standard InChI is InChI=1S/C15H20N2S/c1-10-5-6-12(7-11(10)2)13-9-18-14(17-13)8-15(3,4)16/h5-7,9H,8,16H2,1-4H3. The summed E-state index contributed by atoms with van der Waals surface area (Å²) in [7, 11) is 0. The van der Waals surface area contributed by atoms with E-state index in [1.807, 2.05) is 13.8 Å². The third-order valence-corrected chi connectivity index (χ3v) is 3.81. The molecule has 1 heterocycles. The fraction of sp³-hybridized carbons (Fsp3) is 0.400. The number of nitrogens with two attached hydrogens (primary N) is 1. The molecule has 0 amide bonds. The topological polar surface area (TPSA) is 38.9 Å². The molecular weight excluding hydrogens is 240 g/mol. The minimum absolute atomic E-state index is 0.196. The van der Waals surface area contributed by atoms with Gasteiger partial charge in [-0.05, 0) is 44.9 Å². The third-order valence-electron chi connectivity index (χ3n) is 2.96. The van der Waals surface area contributed by atoms with Crippen molar-refractivity contribution < 1.29 is 0 Å². The van der Waals surface area contributed by atoms with Crippen molar-refractivity contribution in [1.29, 1.82) is 0 Å². The molecule has 2 rings (SSSR count). The second-order valence-electron chi connectivity index (χ2n) is 5.59. The molecule has 0 fully saturated rings. The second-order valence-corrected chi connectivity index (χ2v) is 6.53. The van der Waals surface area contributed by atoms with Gasteiger partial charge in [0.2, 0.25) is 0 Å². The molecule has 0 atom stereocenters. The van der Waals surface area contributed by atoms with Gasteiger partial charge in [-0.25, -0.2) is 4.98 Å². The van der Waals surface area contributed by atoms with Gasteiger partial charge in [0.05, 0.1) is 10.7 Å². The van der Waals surface area contributed by atoms with Crippen molar-refractivity contribution in [2.75, 3.05) is 0 Å². The first-order chi connectivity index (χ1) is 8.35. The average molecular weight is 260 g/mol. The van der Waals surface area contributed by atoms with E-state index in [2.05, 4.69) is 42.4 Å². The van der Waals surface area contributed by atoms with Crippen LogP contribution in [-0.2, 0) is 6.42 Å². The number of aromatic nitrogens is 1. The van der Waals surface area contributed by atoms with E-state index in [1.165, 1.54) is 16.7 Å². The quantitative estimate of drug-likeness (QED) is 0.913. The minimum atomic E-state index is -0.196. The maximum absolute atomic E-state index is 6.03. The van der Waals surface area contributed by atoms with E-state index < -0.39 is 0 Å². The Labute approximate surface area is 113 Å². The zero-order chi connectivity index (χ0) is 13.3. The van der Waals surface area contributed by atoms with Crippen LogP contribution >= 0.6 is 11.3 Å². The maximum Gasteiger partial charge on any atom is 0.0950 e. The lowest BCUT2D eigenvalue weighted by Crippen LogP contribution is -2.34. The zero-order valence-corrected chi connectivity index (χ0v) is 12.3. The lowest BCUT2D eigenvalue weighted by atomic mass is 10.0. The van der Waals surface area contributed by atoms with Gasteiger partial charge >= 0.3 is 0 Å². The van der Waals surface area contributed by atoms with Gasteiger partial charge in [-0.3, -0.25) is 0 Å². The number of nitrogens with zero attached hydrogens (tertiary/aromatic N) is 1. The van der Waals surface area contributed by atoms with E-state index in [1.54, 1.807) is 11.3 Å². The molecule has 0 saturated carbocycles. The Kier molecular flexibility index (Phi) is 3.55. The van der Waals surface area contributed by atoms with Crippen molar-refractivity contribution in [2.24, 2.45) is 5.73 Å². The Morgan fingerprint density at radius 1 is 1.22 bits per heavy atom. The number of benzene rings is 1. The summed E-state index contributed by atoms with van der Waals surface area (Å²) in [6.45, 7) is 8.33. The Bertz CT molecular complexity index is 550. The molecule has 0 spiro atoms. The summed E-state index contributed by atoms with van der Waals surface area (Å²) in [5, 5.41) is 3.22. The average Bonchev–Trinajstić information content (AvgIpc) is 2.68. The van der Waals surface area contributed by atoms with Gasteiger partial charge < -0.3 is 5.73 Å². The number of hydrogen-bond donors (Lipinski definition) is 1. The number of rotatable bonds is 3. The van der Waals surface area contributed by atoms with Crippen LogP contribution in [0.1, 0.15) is 30.0 Å². The van der Waals surface area contributed by atoms with Crippen LogP contribution in [0.25, 0.3) is 11.3 Å². The first-order valence-corrected chi connectivity index (χ1v) is 7.04. The highest BCUT2D eigenvalue weighted by molar-refractivity contribution is 7.09. The number of thiazole rings is 1. The van der Waals surface area contributed by atoms with Gasteiger partial charge in [0.1, 0.15) is 0 Å². The lowest BCUT2D eigenvalue weighted by molar-refractivity contribution is 0.515. The summed E-state index contributed by atoms with van der Waals surface area (Å²) in [5.41, 5.74) is 10.7. The fourth-order valence-corrected chi connectivity index (χ4v) is 2.86. The molecule has 1 aromatic carbocycles. The van der Waals surface area contributed by atoms with Gasteiger partial charge in [-0.2, -0.15) is 0 Å². The molecule has 0 unspecified atom stereocenters. The zero-order valence-electron chi connectivity index (χ0n) is 11.4. The van der Waals surface area contributed by atoms with E-state index in [0.29, 0.717) is 0 Å². The van der Waals surface area contributed by atoms with Gasteiger partial charge in [0.25, 0.3) is 0 Å². The first-order valence-electron chi connectivity index (χ1n) is 6.16. The fourth-order valence-electron chi connectivity index (χ4n) is 1.82. The van der Waals surface area contributed by atoms with Crippen molar-refractivity contribution in [3.8, 4) is 11.3 Å². The Morgan fingerprint density at radius 3 is 2.56 bits per heavy atom. The van der Waals surface area contributed by atoms with Crippen molar-refractivity contribution >= 4 is 11.3 Å². The Morgan fingerprint density at radius 2 is 1.94 bits per heavy atom. The Balaban J connectivity index is 2.26. The molecular formula is C15H20N2S. The molecule has 2 N–H and O–H groups in total. The van der Waals surface area contributed by atoms with Gasteiger partial charge in [-0.1, -0.05) is 12.1 Å². The minimum Gasteiger partial charge on any atom is -0.325 e. The molecule has 2 nitrogen and oxygen atoms in total. The smallest absolute Gasteiger partial charge is 0.0950 e. The van der Waals surface area contributed by atoms with Crippen LogP contribution < -0.4 is 5.73 Å². The van der Waals surface area contributed by atoms with Gasteiger partial charge in [0, 0.05) is 22.9 Å². The van der Waals surface area contributed by atoms with Crippen LogP contribution in [0.2, 0.25) is 0 Å². The molecule has 0 aliphatic carbocycles. The van der Waals surface area contributed by atoms with E-state index in [-0.39, 0.29) is 5.54 Å². The molecule has 0 aliphatic rings. The third kappa shape index (κ3) is 3.18. The number of hydrogen-bond acceptors (Lipinski definition) is 3. The van der Waals surface area contributed by atoms with Gasteiger partial charge in [0.15, 0.2) is 0 Å². The Hall–Kier alpha value is -1.19. The summed E-state index contributed by atoms with van der Waals surface area (Å²) >= 11 is 1.69. The molecule has 0 saturated heterocycles. The van der Waals surface area contributed by atoms with E-state index >= 15 is 0 Å². The molecule has 0 radical (unpaired) electrons. The molecule has 1 aromatic heterocycles. The largest absolute Gasteiger partial charge is 0.325 e. The van der Waals surface area contributed by atoms with Crippen LogP contribution in [0.3, 0.4) is 0 Å². The summed E-state index contributed by atoms with van der Waals surface area (Å²) in [4.78, 5) is 4.68. The highest BCUT2D eigenvalue weighted by Gasteiger charge is 2.15. The monoisotopic (exact) mass is 260 g/mol. The van der Waals surface area contributed by atoms with E-state index in [9.17, 15) is 0 Å². The molecule has 0 aliphatic heterocycles. The van der Waals surface area contributed by atoms with Crippen molar-refractivity contribution in [2.45, 2.75) is 39.7 Å². The molecule has 2 aromatic rings. The van der Waals surface area contributed by atoms with Crippen molar-refractivity contribution in [3.63, 3.8) is 0 Å². The molecule has 0 bridgehead atoms. The predicted octanol–water partition coefficient (Wildman–Crippen LogP) is 3.71. The van der Waals surface area contributed by atoms with Crippen LogP contribution in [0, 0.1) is 13.8 Å². The van der Waals surface area contributed by atoms with Crippen LogP contribution in [0.4, 0.5) is 0 Å². The predicted molar refractivity (Wildman–Crippen MR) is 79.0 cm³/mol. The maximum atomic E-state index is 6.03. The van der Waals surface area contributed by atoms with Crippen LogP contribution in [-0.4, -0.2) is 10.5 Å². The second kappa shape index (κ2) is 4.82. The highest BCUT2D eigenvalue weighted by atomic mass is 32.1. The van der Waals surface area contributed by atoms with Gasteiger partial charge in [-0.15, -0.1) is 11.3 Å². The lowest BCUT2D eigenvalue weighted by Gasteiger charge is -2.15. The van der Waals surface area contributed by atoms with E-state index in [0.717, 1.165) is 17.1 Å². The van der Waals surface area contributed by atoms with Crippen molar-refractivity contribution in [1.82, 2.24) is 4.98 Å².